The summed E-state index contributed by atoms with van der Waals surface area (Å²) < 4.78 is 5.60. The molecule has 144 valence electrons. The molecule has 0 heterocycles. The molecule has 5 heteroatoms. The zero-order valence-corrected chi connectivity index (χ0v) is 15.9. The molecular formula is C22H27NO4. The minimum Gasteiger partial charge on any atom is -0.491 e. The monoisotopic (exact) mass is 369 g/mol. The van der Waals surface area contributed by atoms with Gasteiger partial charge in [0.1, 0.15) is 5.75 Å². The van der Waals surface area contributed by atoms with Crippen LogP contribution >= 0.6 is 0 Å². The van der Waals surface area contributed by atoms with Crippen LogP contribution in [0.2, 0.25) is 0 Å². The second-order valence-electron chi connectivity index (χ2n) is 6.79. The Morgan fingerprint density at radius 1 is 1.04 bits per heavy atom. The molecule has 0 radical (unpaired) electrons. The molecule has 2 aromatic rings. The number of benzene rings is 2. The van der Waals surface area contributed by atoms with Crippen LogP contribution in [0.25, 0.3) is 0 Å². The van der Waals surface area contributed by atoms with Gasteiger partial charge in [0.05, 0.1) is 18.6 Å². The number of carbonyl (C=O) groups is 2. The average Bonchev–Trinajstić information content (AvgIpc) is 2.62. The summed E-state index contributed by atoms with van der Waals surface area (Å²) in [6.07, 6.45) is 1.81. The van der Waals surface area contributed by atoms with Crippen molar-refractivity contribution < 1.29 is 19.4 Å². The highest BCUT2D eigenvalue weighted by Crippen LogP contribution is 2.21. The lowest BCUT2D eigenvalue weighted by molar-refractivity contribution is -0.137. The summed E-state index contributed by atoms with van der Waals surface area (Å²) in [7, 11) is 0. The van der Waals surface area contributed by atoms with Gasteiger partial charge in [-0.15, -0.1) is 0 Å². The molecule has 0 spiro atoms. The number of rotatable bonds is 10. The van der Waals surface area contributed by atoms with Crippen LogP contribution in [-0.4, -0.2) is 23.1 Å². The van der Waals surface area contributed by atoms with E-state index in [1.165, 1.54) is 5.56 Å². The summed E-state index contributed by atoms with van der Waals surface area (Å²) >= 11 is 0. The lowest BCUT2D eigenvalue weighted by Gasteiger charge is -2.18. The highest BCUT2D eigenvalue weighted by molar-refractivity contribution is 5.77. The fourth-order valence-corrected chi connectivity index (χ4v) is 2.84. The maximum Gasteiger partial charge on any atom is 0.305 e. The van der Waals surface area contributed by atoms with Gasteiger partial charge in [-0.05, 0) is 49.9 Å². The predicted molar refractivity (Wildman–Crippen MR) is 105 cm³/mol. The Labute approximate surface area is 160 Å². The first-order chi connectivity index (χ1) is 12.9. The van der Waals surface area contributed by atoms with Crippen molar-refractivity contribution in [1.29, 1.82) is 0 Å². The molecule has 0 aliphatic heterocycles. The number of hydrogen-bond acceptors (Lipinski definition) is 3. The zero-order chi connectivity index (χ0) is 19.6. The van der Waals surface area contributed by atoms with Gasteiger partial charge < -0.3 is 15.2 Å². The Morgan fingerprint density at radius 2 is 1.70 bits per heavy atom. The largest absolute Gasteiger partial charge is 0.491 e. The highest BCUT2D eigenvalue weighted by Gasteiger charge is 2.18. The Kier molecular flexibility index (Phi) is 7.86. The normalized spacial score (nSPS) is 11.8. The second kappa shape index (κ2) is 10.4. The lowest BCUT2D eigenvalue weighted by Crippen LogP contribution is -2.30. The summed E-state index contributed by atoms with van der Waals surface area (Å²) in [6.45, 7) is 3.88. The van der Waals surface area contributed by atoms with E-state index in [0.29, 0.717) is 6.42 Å². The third kappa shape index (κ3) is 7.52. The molecule has 2 rings (SSSR count). The van der Waals surface area contributed by atoms with E-state index >= 15 is 0 Å². The fourth-order valence-electron chi connectivity index (χ4n) is 2.84. The number of ether oxygens (including phenoxy) is 1. The van der Waals surface area contributed by atoms with E-state index in [-0.39, 0.29) is 18.4 Å². The van der Waals surface area contributed by atoms with Gasteiger partial charge in [-0.25, -0.2) is 0 Å². The molecule has 0 bridgehead atoms. The number of carboxylic acids is 1. The van der Waals surface area contributed by atoms with Gasteiger partial charge in [-0.1, -0.05) is 42.5 Å². The molecule has 0 fully saturated rings. The van der Waals surface area contributed by atoms with Crippen LogP contribution in [0.15, 0.2) is 54.6 Å². The molecule has 0 unspecified atom stereocenters. The maximum atomic E-state index is 12.3. The van der Waals surface area contributed by atoms with Crippen LogP contribution in [0, 0.1) is 0 Å². The molecule has 0 aliphatic rings. The van der Waals surface area contributed by atoms with Crippen LogP contribution in [0.4, 0.5) is 0 Å². The molecule has 0 saturated carbocycles. The molecule has 0 saturated heterocycles. The van der Waals surface area contributed by atoms with Crippen molar-refractivity contribution in [1.82, 2.24) is 5.32 Å². The first-order valence-corrected chi connectivity index (χ1v) is 9.25. The van der Waals surface area contributed by atoms with Crippen molar-refractivity contribution in [3.63, 3.8) is 0 Å². The predicted octanol–water partition coefficient (Wildman–Crippen LogP) is 4.13. The number of carboxylic acid groups (broad SMARTS) is 1. The minimum atomic E-state index is -0.952. The molecular weight excluding hydrogens is 342 g/mol. The molecule has 1 amide bonds. The summed E-state index contributed by atoms with van der Waals surface area (Å²) in [6, 6.07) is 16.6. The number of aryl methyl sites for hydroxylation is 1. The summed E-state index contributed by atoms with van der Waals surface area (Å²) in [5.41, 5.74) is 1.94. The number of hydrogen-bond donors (Lipinski definition) is 2. The summed E-state index contributed by atoms with van der Waals surface area (Å²) in [5.74, 6) is -0.371. The maximum absolute atomic E-state index is 12.3. The van der Waals surface area contributed by atoms with Gasteiger partial charge in [0.2, 0.25) is 5.91 Å². The van der Waals surface area contributed by atoms with E-state index in [9.17, 15) is 14.7 Å². The van der Waals surface area contributed by atoms with Gasteiger partial charge in [0, 0.05) is 6.42 Å². The Balaban J connectivity index is 1.92. The lowest BCUT2D eigenvalue weighted by atomic mass is 10.0. The van der Waals surface area contributed by atoms with E-state index < -0.39 is 12.0 Å². The minimum absolute atomic E-state index is 0.0648. The van der Waals surface area contributed by atoms with Crippen LogP contribution in [0.3, 0.4) is 0 Å². The van der Waals surface area contributed by atoms with E-state index in [2.05, 4.69) is 5.32 Å². The molecule has 0 aromatic heterocycles. The van der Waals surface area contributed by atoms with Crippen molar-refractivity contribution in [2.75, 3.05) is 0 Å². The summed E-state index contributed by atoms with van der Waals surface area (Å²) in [4.78, 5) is 23.5. The second-order valence-corrected chi connectivity index (χ2v) is 6.79. The topological polar surface area (TPSA) is 75.6 Å². The highest BCUT2D eigenvalue weighted by atomic mass is 16.5. The van der Waals surface area contributed by atoms with Crippen molar-refractivity contribution >= 4 is 11.9 Å². The third-order valence-electron chi connectivity index (χ3n) is 4.08. The van der Waals surface area contributed by atoms with Crippen molar-refractivity contribution in [3.8, 4) is 5.75 Å². The summed E-state index contributed by atoms with van der Waals surface area (Å²) in [5, 5.41) is 12.0. The van der Waals surface area contributed by atoms with E-state index in [0.717, 1.165) is 24.2 Å². The van der Waals surface area contributed by atoms with Gasteiger partial charge in [-0.3, -0.25) is 9.59 Å². The quantitative estimate of drug-likeness (QED) is 0.660. The smallest absolute Gasteiger partial charge is 0.305 e. The van der Waals surface area contributed by atoms with Gasteiger partial charge in [-0.2, -0.15) is 0 Å². The molecule has 2 aromatic carbocycles. The molecule has 0 aliphatic carbocycles. The van der Waals surface area contributed by atoms with Crippen LogP contribution in [0.5, 0.6) is 5.75 Å². The van der Waals surface area contributed by atoms with Crippen LogP contribution in [0.1, 0.15) is 50.3 Å². The van der Waals surface area contributed by atoms with Gasteiger partial charge in [0.25, 0.3) is 0 Å². The number of nitrogens with one attached hydrogen (secondary N) is 1. The Hall–Kier alpha value is -2.82. The fraction of sp³-hybridized carbons (Fsp3) is 0.364. The van der Waals surface area contributed by atoms with Crippen molar-refractivity contribution in [2.45, 2.75) is 51.7 Å². The molecule has 2 N–H and O–H groups in total. The van der Waals surface area contributed by atoms with Gasteiger partial charge >= 0.3 is 5.97 Å². The van der Waals surface area contributed by atoms with Crippen molar-refractivity contribution in [3.05, 3.63) is 65.7 Å². The van der Waals surface area contributed by atoms with E-state index in [4.69, 9.17) is 4.74 Å². The molecule has 1 atom stereocenters. The van der Waals surface area contributed by atoms with Gasteiger partial charge in [0.15, 0.2) is 0 Å². The number of carbonyl (C=O) groups excluding carboxylic acids is 1. The first-order valence-electron chi connectivity index (χ1n) is 9.25. The number of aliphatic carboxylic acids is 1. The third-order valence-corrected chi connectivity index (χ3v) is 4.08. The average molecular weight is 369 g/mol. The SMILES string of the molecule is CC(C)Oc1ccc([C@@H](CC(=O)O)NC(=O)CCCc2ccccc2)cc1. The van der Waals surface area contributed by atoms with Crippen LogP contribution < -0.4 is 10.1 Å². The first kappa shape index (κ1) is 20.5. The Bertz CT molecular complexity index is 726. The van der Waals surface area contributed by atoms with E-state index in [1.54, 1.807) is 24.3 Å². The van der Waals surface area contributed by atoms with Crippen molar-refractivity contribution in [2.24, 2.45) is 0 Å². The van der Waals surface area contributed by atoms with Crippen LogP contribution in [-0.2, 0) is 16.0 Å². The number of amides is 1. The zero-order valence-electron chi connectivity index (χ0n) is 15.9. The Morgan fingerprint density at radius 3 is 2.30 bits per heavy atom. The standard InChI is InChI=1S/C22H27NO4/c1-16(2)27-19-13-11-18(12-14-19)20(15-22(25)26)23-21(24)10-6-9-17-7-4-3-5-8-17/h3-5,7-8,11-14,16,20H,6,9-10,15H2,1-2H3,(H,23,24)(H,25,26)/t20-/m1/s1. The molecule has 27 heavy (non-hydrogen) atoms. The van der Waals surface area contributed by atoms with E-state index in [1.807, 2.05) is 44.2 Å². The molecule has 5 nitrogen and oxygen atoms in total.